The van der Waals surface area contributed by atoms with Crippen LogP contribution >= 0.6 is 82.8 Å². The number of amides is 3. The van der Waals surface area contributed by atoms with Gasteiger partial charge in [-0.2, -0.15) is 0 Å². The number of ketones is 3. The average Bonchev–Trinajstić information content (AvgIpc) is 0.868. The summed E-state index contributed by atoms with van der Waals surface area (Å²) in [4.78, 5) is 94.5. The first kappa shape index (κ1) is 97.0. The molecule has 566 valence electrons. The number of aryl methyl sites for hydroxylation is 1. The number of nitrogens with zero attached hydrogens (tertiary/aromatic N) is 3. The number of nitrogens with one attached hydrogen (secondary N) is 2. The van der Waals surface area contributed by atoms with E-state index in [9.17, 15) is 48.6 Å². The molecule has 2 aromatic carbocycles. The molecule has 0 unspecified atom stereocenters. The van der Waals surface area contributed by atoms with Gasteiger partial charge >= 0.3 is 18.2 Å². The minimum absolute atomic E-state index is 0. The number of aliphatic hydroxyl groups excluding tert-OH is 1. The van der Waals surface area contributed by atoms with Crippen LogP contribution in [0.4, 0.5) is 15.3 Å². The van der Waals surface area contributed by atoms with Crippen molar-refractivity contribution in [3.63, 3.8) is 0 Å². The number of aliphatic hydroxyl groups is 1. The third-order valence-electron chi connectivity index (χ3n) is 15.7. The molecule has 8 N–H and O–H groups in total. The number of nitrogens with two attached hydrogens (primary N) is 1. The van der Waals surface area contributed by atoms with Gasteiger partial charge in [0, 0.05) is 89.9 Å². The number of phenolic OH excluding ortho intramolecular Hbond substituents is 2. The summed E-state index contributed by atoms with van der Waals surface area (Å²) in [5, 5.41) is 41.6. The van der Waals surface area contributed by atoms with Crippen molar-refractivity contribution in [2.75, 3.05) is 77.9 Å². The summed E-state index contributed by atoms with van der Waals surface area (Å²) in [6.45, 7) is 32.5. The molecular weight excluding hydrogens is 1410 g/mol. The fourth-order valence-electron chi connectivity index (χ4n) is 10.3. The van der Waals surface area contributed by atoms with Crippen molar-refractivity contribution in [1.82, 2.24) is 20.0 Å². The van der Waals surface area contributed by atoms with E-state index in [4.69, 9.17) is 83.4 Å². The summed E-state index contributed by atoms with van der Waals surface area (Å²) in [6.07, 6.45) is 22.6. The molecule has 2 aromatic rings. The van der Waals surface area contributed by atoms with E-state index in [1.165, 1.54) is 61.8 Å². The second-order valence-corrected chi connectivity index (χ2v) is 27.5. The first-order chi connectivity index (χ1) is 45.2. The monoisotopic (exact) mass is 1520 g/mol. The third kappa shape index (κ3) is 46.3. The third-order valence-corrected chi connectivity index (χ3v) is 17.3. The number of likely N-dealkylation sites (tertiary alicyclic amines) is 3. The number of aliphatic carboxylic acids is 1. The zero-order valence-electron chi connectivity index (χ0n) is 58.5. The number of halogens is 7. The van der Waals surface area contributed by atoms with E-state index < -0.39 is 22.4 Å². The largest absolute Gasteiger partial charge is 0.508 e. The fourth-order valence-corrected chi connectivity index (χ4v) is 11.0. The highest BCUT2D eigenvalue weighted by molar-refractivity contribution is 6.66. The van der Waals surface area contributed by atoms with Gasteiger partial charge in [-0.3, -0.25) is 28.8 Å². The summed E-state index contributed by atoms with van der Waals surface area (Å²) in [6, 6.07) is 5.63. The second kappa shape index (κ2) is 54.6. The number of phenols is 2. The molecule has 0 aliphatic carbocycles. The molecule has 3 amide bonds. The van der Waals surface area contributed by atoms with Crippen LogP contribution in [-0.2, 0) is 44.7 Å². The van der Waals surface area contributed by atoms with Crippen LogP contribution in [0.15, 0.2) is 74.9 Å². The van der Waals surface area contributed by atoms with Crippen LogP contribution in [0.5, 0.6) is 11.5 Å². The predicted molar refractivity (Wildman–Crippen MR) is 410 cm³/mol. The average molecular weight is 1530 g/mol. The van der Waals surface area contributed by atoms with Crippen LogP contribution in [0, 0.1) is 23.7 Å². The molecule has 27 heteroatoms. The normalized spacial score (nSPS) is 14.7. The van der Waals surface area contributed by atoms with Crippen molar-refractivity contribution in [3.8, 4) is 11.5 Å². The number of aromatic hydroxyl groups is 2. The summed E-state index contributed by atoms with van der Waals surface area (Å²) in [5.74, 6) is 2.10. The topological polar surface area (TPSA) is 296 Å². The number of carboxylic acid groups (broad SMARTS) is 1. The number of carbonyl (C=O) groups is 8. The maximum absolute atomic E-state index is 12.4. The first-order valence-corrected chi connectivity index (χ1v) is 34.8. The minimum Gasteiger partial charge on any atom is -0.508 e. The highest BCUT2D eigenvalue weighted by atomic mass is 35.5. The molecular formula is C71H119Cl7N6O14. The van der Waals surface area contributed by atoms with Crippen LogP contribution in [0.2, 0.25) is 20.1 Å². The van der Waals surface area contributed by atoms with Crippen LogP contribution in [0.3, 0.4) is 0 Å². The molecule has 4 aliphatic heterocycles. The zero-order chi connectivity index (χ0) is 73.0. The van der Waals surface area contributed by atoms with E-state index in [2.05, 4.69) is 36.9 Å². The Hall–Kier alpha value is -5.13. The van der Waals surface area contributed by atoms with Crippen LogP contribution < -0.4 is 16.4 Å². The highest BCUT2D eigenvalue weighted by Crippen LogP contribution is 2.34. The maximum Gasteiger partial charge on any atom is 0.410 e. The van der Waals surface area contributed by atoms with E-state index in [0.29, 0.717) is 71.4 Å². The fraction of sp³-hybridized carbons (Fsp3) is 0.606. The molecule has 0 radical (unpaired) electrons. The molecule has 0 bridgehead atoms. The number of hydrogen-bond acceptors (Lipinski definition) is 16. The Labute approximate surface area is 625 Å². The number of benzene rings is 2. The molecule has 4 saturated heterocycles. The van der Waals surface area contributed by atoms with Crippen molar-refractivity contribution in [2.45, 2.75) is 181 Å². The number of carboxylic acids is 1. The van der Waals surface area contributed by atoms with Gasteiger partial charge in [0.1, 0.15) is 22.7 Å². The summed E-state index contributed by atoms with van der Waals surface area (Å²) in [5.41, 5.74) is 5.57. The molecule has 98 heavy (non-hydrogen) atoms. The summed E-state index contributed by atoms with van der Waals surface area (Å²) >= 11 is 27.8. The highest BCUT2D eigenvalue weighted by Gasteiger charge is 2.29. The van der Waals surface area contributed by atoms with Gasteiger partial charge in [0.05, 0.1) is 32.3 Å². The van der Waals surface area contributed by atoms with Crippen molar-refractivity contribution < 1.29 is 74.0 Å². The van der Waals surface area contributed by atoms with Crippen molar-refractivity contribution >= 4 is 135 Å². The predicted octanol–water partition coefficient (Wildman–Crippen LogP) is 16.8. The lowest BCUT2D eigenvalue weighted by molar-refractivity contribution is -0.137. The van der Waals surface area contributed by atoms with Gasteiger partial charge in [0.25, 0.3) is 0 Å². The Morgan fingerprint density at radius 1 is 0.561 bits per heavy atom. The van der Waals surface area contributed by atoms with Crippen molar-refractivity contribution in [1.29, 1.82) is 0 Å². The lowest BCUT2D eigenvalue weighted by atomic mass is 9.91. The van der Waals surface area contributed by atoms with Gasteiger partial charge in [0.15, 0.2) is 17.3 Å². The van der Waals surface area contributed by atoms with E-state index in [1.807, 2.05) is 46.4 Å². The maximum atomic E-state index is 12.4. The van der Waals surface area contributed by atoms with Crippen molar-refractivity contribution in [2.24, 2.45) is 29.4 Å². The molecule has 4 aliphatic rings. The number of rotatable bonds is 24. The molecule has 4 heterocycles. The van der Waals surface area contributed by atoms with E-state index >= 15 is 0 Å². The minimum atomic E-state index is -0.921. The Balaban J connectivity index is -0.000000217. The van der Waals surface area contributed by atoms with Gasteiger partial charge in [0.2, 0.25) is 11.1 Å². The molecule has 0 atom stereocenters. The van der Waals surface area contributed by atoms with Crippen molar-refractivity contribution in [3.05, 3.63) is 101 Å². The van der Waals surface area contributed by atoms with Gasteiger partial charge in [-0.15, -0.1) is 24.8 Å². The number of allylic oxidation sites excluding steroid dienone is 4. The Bertz CT molecular complexity index is 2760. The number of piperidine rings is 4. The van der Waals surface area contributed by atoms with Gasteiger partial charge < -0.3 is 61.0 Å². The smallest absolute Gasteiger partial charge is 0.410 e. The molecule has 0 spiro atoms. The quantitative estimate of drug-likeness (QED) is 0.0292. The second-order valence-electron chi connectivity index (χ2n) is 25.5. The Morgan fingerprint density at radius 3 is 1.24 bits per heavy atom. The number of hydrogen-bond donors (Lipinski definition) is 7. The molecule has 4 fully saturated rings. The SMILES string of the molecule is C=CC(=O)CCCC1CCN(C(=O)CNc2cc(Cl)c(Cl)cc2O)CC1.C=CC(=O)CCCC1CCN(C(=O)OC(C)(C)C)CC1.C=CC(=O)CCCC1CCNCC1.C=CC(=O)Cl.CC(C)(C)OC(=O)N1CCC(CCN)CC1.CO.Cl.Cl.O=C(O)CCc1cc(Cl)c(Cl)cc1O.[HH].[HH].[HH].[HH]. The summed E-state index contributed by atoms with van der Waals surface area (Å²) < 4.78 is 10.7. The molecule has 0 aromatic heterocycles. The Kier molecular flexibility index (Phi) is 54.1. The van der Waals surface area contributed by atoms with E-state index in [1.54, 1.807) is 9.80 Å². The van der Waals surface area contributed by atoms with Crippen LogP contribution in [-0.4, -0.2) is 166 Å². The zero-order valence-corrected chi connectivity index (χ0v) is 63.9. The standard InChI is InChI=1S/C19H24Cl2N2O3.C16H27NO3.C12H24N2O2.C11H19NO.C9H8Cl2O3.C3H3ClO.CH4O.2ClH.4H2/c1-2-14(24)5-3-4-13-6-8-23(9-7-13)19(26)12-22-17-10-15(20)16(21)11-18(17)25;1-5-14(18)8-6-7-13-9-11-17(12-10-13)15(19)20-16(2,3)4;1-12(2,3)16-11(15)14-8-5-10(4-7-13)6-9-14;1-2-11(13)5-3-4-10-6-8-12-9-7-10;10-6-3-5(1-2-9(13)14)8(12)4-7(6)11;1-2-3(4)5;1-2;;;;;;/h2,10-11,13,22,25H,1,3-9,12H2;5,13H,1,6-12H2,2-4H3;10H,4-9,13H2,1-3H3;2,10,12H,1,3-9H2;3-4,12H,1-2H2,(H,13,14);2H,1H2;2H,1H3;6*1H. The first-order valence-electron chi connectivity index (χ1n) is 32.9. The lowest BCUT2D eigenvalue weighted by Gasteiger charge is -2.33. The van der Waals surface area contributed by atoms with Gasteiger partial charge in [-0.25, -0.2) is 9.59 Å². The number of carbonyl (C=O) groups excluding carboxylic acids is 7. The Morgan fingerprint density at radius 2 is 0.898 bits per heavy atom. The van der Waals surface area contributed by atoms with E-state index in [0.717, 1.165) is 142 Å². The number of anilines is 1. The van der Waals surface area contributed by atoms with Crippen LogP contribution in [0.25, 0.3) is 0 Å². The van der Waals surface area contributed by atoms with Gasteiger partial charge in [-0.1, -0.05) is 72.7 Å². The van der Waals surface area contributed by atoms with Crippen LogP contribution in [0.1, 0.15) is 175 Å². The molecule has 0 saturated carbocycles. The molecule has 20 nitrogen and oxygen atoms in total. The number of ether oxygens (including phenoxy) is 2. The van der Waals surface area contributed by atoms with Gasteiger partial charge in [-0.05, 0) is 241 Å². The molecule has 6 rings (SSSR count). The summed E-state index contributed by atoms with van der Waals surface area (Å²) in [7, 11) is 1.00. The van der Waals surface area contributed by atoms with E-state index in [-0.39, 0.29) is 107 Å². The lowest BCUT2D eigenvalue weighted by Crippen LogP contribution is -2.41.